The van der Waals surface area contributed by atoms with E-state index in [1.54, 1.807) is 18.5 Å². The predicted octanol–water partition coefficient (Wildman–Crippen LogP) is 3.24. The van der Waals surface area contributed by atoms with Crippen molar-refractivity contribution in [1.82, 2.24) is 20.2 Å². The molecule has 130 valence electrons. The first kappa shape index (κ1) is 16.0. The second kappa shape index (κ2) is 7.20. The van der Waals surface area contributed by atoms with Gasteiger partial charge in [-0.25, -0.2) is 4.98 Å². The Bertz CT molecular complexity index is 1000. The predicted molar refractivity (Wildman–Crippen MR) is 101 cm³/mol. The topological polar surface area (TPSA) is 98.7 Å². The number of aromatic amines is 1. The van der Waals surface area contributed by atoms with Crippen LogP contribution in [0.1, 0.15) is 11.7 Å². The third-order valence-electron chi connectivity index (χ3n) is 4.01. The van der Waals surface area contributed by atoms with Crippen molar-refractivity contribution in [3.63, 3.8) is 0 Å². The van der Waals surface area contributed by atoms with E-state index in [1.165, 1.54) is 0 Å². The molecule has 0 amide bonds. The van der Waals surface area contributed by atoms with Crippen LogP contribution in [-0.2, 0) is 0 Å². The second-order valence-corrected chi connectivity index (χ2v) is 5.87. The Morgan fingerprint density at radius 2 is 1.96 bits per heavy atom. The normalized spacial score (nSPS) is 12.0. The Morgan fingerprint density at radius 1 is 1.08 bits per heavy atom. The Morgan fingerprint density at radius 3 is 2.85 bits per heavy atom. The summed E-state index contributed by atoms with van der Waals surface area (Å²) in [7, 11) is 0. The molecule has 2 aromatic carbocycles. The molecular weight excluding hydrogens is 328 g/mol. The average Bonchev–Trinajstić information content (AvgIpc) is 3.15. The van der Waals surface area contributed by atoms with Crippen LogP contribution in [0.15, 0.2) is 67.0 Å². The molecule has 0 spiro atoms. The van der Waals surface area contributed by atoms with Crippen LogP contribution in [0.25, 0.3) is 10.9 Å². The minimum Gasteiger partial charge on any atom is -0.387 e. The van der Waals surface area contributed by atoms with E-state index in [9.17, 15) is 5.11 Å². The number of nitrogens with one attached hydrogen (secondary N) is 3. The van der Waals surface area contributed by atoms with Gasteiger partial charge in [0, 0.05) is 23.8 Å². The minimum atomic E-state index is -0.606. The van der Waals surface area contributed by atoms with Gasteiger partial charge >= 0.3 is 0 Å². The van der Waals surface area contributed by atoms with Crippen molar-refractivity contribution in [2.75, 3.05) is 17.2 Å². The summed E-state index contributed by atoms with van der Waals surface area (Å²) in [5, 5.41) is 24.5. The maximum absolute atomic E-state index is 10.2. The highest BCUT2D eigenvalue weighted by atomic mass is 16.3. The molecule has 4 aromatic rings. The SMILES string of the molecule is O[C@@H](CNc1ccnc(Nc2ccc3cn[nH]c3c2)n1)c1ccccc1. The molecule has 0 bridgehead atoms. The fourth-order valence-electron chi connectivity index (χ4n) is 2.66. The maximum atomic E-state index is 10.2. The van der Waals surface area contributed by atoms with E-state index in [1.807, 2.05) is 48.5 Å². The fourth-order valence-corrected chi connectivity index (χ4v) is 2.66. The van der Waals surface area contributed by atoms with Crippen LogP contribution in [0.2, 0.25) is 0 Å². The zero-order valence-corrected chi connectivity index (χ0v) is 13.9. The van der Waals surface area contributed by atoms with Gasteiger partial charge in [-0.3, -0.25) is 5.10 Å². The third kappa shape index (κ3) is 3.62. The molecule has 0 aliphatic carbocycles. The summed E-state index contributed by atoms with van der Waals surface area (Å²) < 4.78 is 0. The van der Waals surface area contributed by atoms with Crippen LogP contribution < -0.4 is 10.6 Å². The summed E-state index contributed by atoms with van der Waals surface area (Å²) in [6, 6.07) is 17.2. The van der Waals surface area contributed by atoms with Gasteiger partial charge in [0.25, 0.3) is 0 Å². The Hall–Kier alpha value is -3.45. The standard InChI is InChI=1S/C19H18N6O/c26-17(13-4-2-1-3-5-13)12-21-18-8-9-20-19(24-18)23-15-7-6-14-11-22-25-16(14)10-15/h1-11,17,26H,12H2,(H,22,25)(H2,20,21,23,24)/t17-/m0/s1. The van der Waals surface area contributed by atoms with Crippen LogP contribution in [0.4, 0.5) is 17.5 Å². The Kier molecular flexibility index (Phi) is 4.44. The zero-order valence-electron chi connectivity index (χ0n) is 13.9. The number of rotatable bonds is 6. The van der Waals surface area contributed by atoms with Crippen molar-refractivity contribution >= 4 is 28.4 Å². The first-order chi connectivity index (χ1) is 12.8. The summed E-state index contributed by atoms with van der Waals surface area (Å²) in [6.07, 6.45) is 2.84. The number of benzene rings is 2. The van der Waals surface area contributed by atoms with Gasteiger partial charge in [-0.05, 0) is 29.8 Å². The Balaban J connectivity index is 1.43. The van der Waals surface area contributed by atoms with E-state index in [-0.39, 0.29) is 0 Å². The van der Waals surface area contributed by atoms with E-state index in [0.29, 0.717) is 18.3 Å². The summed E-state index contributed by atoms with van der Waals surface area (Å²) >= 11 is 0. The summed E-state index contributed by atoms with van der Waals surface area (Å²) in [4.78, 5) is 8.67. The quantitative estimate of drug-likeness (QED) is 0.428. The number of hydrogen-bond donors (Lipinski definition) is 4. The van der Waals surface area contributed by atoms with Gasteiger partial charge in [-0.15, -0.1) is 0 Å². The number of H-pyrrole nitrogens is 1. The number of aromatic nitrogens is 4. The van der Waals surface area contributed by atoms with Gasteiger partial charge in [-0.1, -0.05) is 30.3 Å². The highest BCUT2D eigenvalue weighted by Gasteiger charge is 2.07. The number of anilines is 3. The van der Waals surface area contributed by atoms with Crippen molar-refractivity contribution in [2.45, 2.75) is 6.10 Å². The molecule has 7 nitrogen and oxygen atoms in total. The molecule has 2 aromatic heterocycles. The minimum absolute atomic E-state index is 0.362. The lowest BCUT2D eigenvalue weighted by Crippen LogP contribution is -2.13. The van der Waals surface area contributed by atoms with Crippen LogP contribution in [0.3, 0.4) is 0 Å². The lowest BCUT2D eigenvalue weighted by Gasteiger charge is -2.13. The first-order valence-corrected chi connectivity index (χ1v) is 8.28. The van der Waals surface area contributed by atoms with Gasteiger partial charge in [0.05, 0.1) is 17.8 Å². The number of aliphatic hydroxyl groups is 1. The van der Waals surface area contributed by atoms with Gasteiger partial charge < -0.3 is 15.7 Å². The summed E-state index contributed by atoms with van der Waals surface area (Å²) in [5.74, 6) is 1.11. The molecule has 0 saturated heterocycles. The molecule has 2 heterocycles. The highest BCUT2D eigenvalue weighted by Crippen LogP contribution is 2.20. The van der Waals surface area contributed by atoms with E-state index < -0.39 is 6.10 Å². The average molecular weight is 346 g/mol. The lowest BCUT2D eigenvalue weighted by atomic mass is 10.1. The van der Waals surface area contributed by atoms with Crippen molar-refractivity contribution in [2.24, 2.45) is 0 Å². The molecule has 26 heavy (non-hydrogen) atoms. The molecule has 0 radical (unpaired) electrons. The van der Waals surface area contributed by atoms with Crippen molar-refractivity contribution < 1.29 is 5.11 Å². The third-order valence-corrected chi connectivity index (χ3v) is 4.01. The van der Waals surface area contributed by atoms with Crippen molar-refractivity contribution in [3.8, 4) is 0 Å². The van der Waals surface area contributed by atoms with Gasteiger partial charge in [0.15, 0.2) is 0 Å². The number of aliphatic hydroxyl groups excluding tert-OH is 1. The lowest BCUT2D eigenvalue weighted by molar-refractivity contribution is 0.191. The van der Waals surface area contributed by atoms with Crippen LogP contribution in [0, 0.1) is 0 Å². The van der Waals surface area contributed by atoms with Gasteiger partial charge in [0.2, 0.25) is 5.95 Å². The molecule has 4 rings (SSSR count). The number of fused-ring (bicyclic) bond motifs is 1. The van der Waals surface area contributed by atoms with Gasteiger partial charge in [0.1, 0.15) is 5.82 Å². The van der Waals surface area contributed by atoms with Crippen LogP contribution in [0.5, 0.6) is 0 Å². The molecule has 0 saturated carbocycles. The molecule has 0 unspecified atom stereocenters. The van der Waals surface area contributed by atoms with Crippen molar-refractivity contribution in [1.29, 1.82) is 0 Å². The smallest absolute Gasteiger partial charge is 0.229 e. The largest absolute Gasteiger partial charge is 0.387 e. The van der Waals surface area contributed by atoms with Crippen molar-refractivity contribution in [3.05, 3.63) is 72.6 Å². The molecule has 0 fully saturated rings. The van der Waals surface area contributed by atoms with Crippen LogP contribution in [-0.4, -0.2) is 31.8 Å². The van der Waals surface area contributed by atoms with E-state index in [4.69, 9.17) is 0 Å². The molecule has 1 atom stereocenters. The highest BCUT2D eigenvalue weighted by molar-refractivity contribution is 5.82. The number of nitrogens with zero attached hydrogens (tertiary/aromatic N) is 3. The van der Waals surface area contributed by atoms with E-state index >= 15 is 0 Å². The van der Waals surface area contributed by atoms with Gasteiger partial charge in [-0.2, -0.15) is 10.1 Å². The molecule has 7 heteroatoms. The van der Waals surface area contributed by atoms with Crippen LogP contribution >= 0.6 is 0 Å². The molecule has 0 aliphatic rings. The monoisotopic (exact) mass is 346 g/mol. The first-order valence-electron chi connectivity index (χ1n) is 8.28. The molecule has 4 N–H and O–H groups in total. The fraction of sp³-hybridized carbons (Fsp3) is 0.105. The maximum Gasteiger partial charge on any atom is 0.229 e. The van der Waals surface area contributed by atoms with E-state index in [0.717, 1.165) is 22.2 Å². The number of hydrogen-bond acceptors (Lipinski definition) is 6. The second-order valence-electron chi connectivity index (χ2n) is 5.87. The van der Waals surface area contributed by atoms with E-state index in [2.05, 4.69) is 30.8 Å². The molecule has 0 aliphatic heterocycles. The zero-order chi connectivity index (χ0) is 17.8. The summed E-state index contributed by atoms with van der Waals surface area (Å²) in [6.45, 7) is 0.362. The Labute approximate surface area is 150 Å². The molecular formula is C19H18N6O. The summed E-state index contributed by atoms with van der Waals surface area (Å²) in [5.41, 5.74) is 2.67.